The van der Waals surface area contributed by atoms with Gasteiger partial charge >= 0.3 is 0 Å². The van der Waals surface area contributed by atoms with Crippen LogP contribution in [0.4, 0.5) is 5.69 Å². The summed E-state index contributed by atoms with van der Waals surface area (Å²) in [5.41, 5.74) is 5.78. The summed E-state index contributed by atoms with van der Waals surface area (Å²) in [4.78, 5) is 3.68. The van der Waals surface area contributed by atoms with E-state index in [0.717, 1.165) is 0 Å². The lowest BCUT2D eigenvalue weighted by molar-refractivity contribution is 1.33. The van der Waals surface area contributed by atoms with Crippen LogP contribution >= 0.6 is 35.6 Å². The fourth-order valence-electron chi connectivity index (χ4n) is 0.423. The molecule has 56 valence electrons. The zero-order valence-electron chi connectivity index (χ0n) is 4.84. The number of nitrogens with two attached hydrogens (primary N) is 1. The molecule has 0 saturated carbocycles. The molecular formula is C5H5Cl3N2. The molecule has 0 aliphatic heterocycles. The molecule has 0 radical (unpaired) electrons. The summed E-state index contributed by atoms with van der Waals surface area (Å²) in [7, 11) is 0. The van der Waals surface area contributed by atoms with Crippen molar-refractivity contribution >= 4 is 41.3 Å². The van der Waals surface area contributed by atoms with Crippen LogP contribution in [0.1, 0.15) is 0 Å². The van der Waals surface area contributed by atoms with Gasteiger partial charge in [0.25, 0.3) is 0 Å². The predicted molar refractivity (Wildman–Crippen MR) is 45.9 cm³/mol. The van der Waals surface area contributed by atoms with E-state index < -0.39 is 0 Å². The monoisotopic (exact) mass is 198 g/mol. The molecule has 0 saturated heterocycles. The highest BCUT2D eigenvalue weighted by Crippen LogP contribution is 2.17. The van der Waals surface area contributed by atoms with Crippen LogP contribution in [0, 0.1) is 0 Å². The van der Waals surface area contributed by atoms with Gasteiger partial charge in [0.05, 0.1) is 5.69 Å². The van der Waals surface area contributed by atoms with Crippen LogP contribution in [0.3, 0.4) is 0 Å². The average Bonchev–Trinajstić information content (AvgIpc) is 1.80. The largest absolute Gasteiger partial charge is 0.396 e. The highest BCUT2D eigenvalue weighted by molar-refractivity contribution is 6.34. The second-order valence-corrected chi connectivity index (χ2v) is 2.26. The van der Waals surface area contributed by atoms with E-state index in [-0.39, 0.29) is 17.6 Å². The van der Waals surface area contributed by atoms with Crippen LogP contribution in [-0.4, -0.2) is 4.98 Å². The highest BCUT2D eigenvalue weighted by atomic mass is 35.5. The minimum Gasteiger partial charge on any atom is -0.396 e. The smallest absolute Gasteiger partial charge is 0.153 e. The van der Waals surface area contributed by atoms with Crippen molar-refractivity contribution in [3.8, 4) is 0 Å². The van der Waals surface area contributed by atoms with Gasteiger partial charge in [0.2, 0.25) is 0 Å². The first-order valence-electron chi connectivity index (χ1n) is 2.27. The zero-order chi connectivity index (χ0) is 6.85. The first kappa shape index (κ1) is 9.82. The number of halogens is 3. The Hall–Kier alpha value is -0.180. The van der Waals surface area contributed by atoms with E-state index in [9.17, 15) is 0 Å². The fourth-order valence-corrected chi connectivity index (χ4v) is 0.768. The summed E-state index contributed by atoms with van der Waals surface area (Å²) < 4.78 is 0. The third-order valence-electron chi connectivity index (χ3n) is 0.844. The summed E-state index contributed by atoms with van der Waals surface area (Å²) >= 11 is 11.0. The Morgan fingerprint density at radius 2 is 1.90 bits per heavy atom. The van der Waals surface area contributed by atoms with Crippen LogP contribution in [0.5, 0.6) is 0 Å². The van der Waals surface area contributed by atoms with Crippen molar-refractivity contribution in [1.29, 1.82) is 0 Å². The van der Waals surface area contributed by atoms with Gasteiger partial charge in [-0.25, -0.2) is 4.98 Å². The lowest BCUT2D eigenvalue weighted by atomic mass is 10.4. The second-order valence-electron chi connectivity index (χ2n) is 1.51. The van der Waals surface area contributed by atoms with E-state index in [4.69, 9.17) is 28.9 Å². The van der Waals surface area contributed by atoms with E-state index in [0.29, 0.717) is 10.8 Å². The van der Waals surface area contributed by atoms with Gasteiger partial charge in [-0.1, -0.05) is 23.2 Å². The van der Waals surface area contributed by atoms with Crippen LogP contribution in [0.2, 0.25) is 10.3 Å². The fraction of sp³-hybridized carbons (Fsp3) is 0. The van der Waals surface area contributed by atoms with Crippen molar-refractivity contribution in [3.63, 3.8) is 0 Å². The van der Waals surface area contributed by atoms with Gasteiger partial charge in [-0.3, -0.25) is 0 Å². The molecule has 2 nitrogen and oxygen atoms in total. The van der Waals surface area contributed by atoms with Crippen LogP contribution in [0.25, 0.3) is 0 Å². The third-order valence-corrected chi connectivity index (χ3v) is 1.36. The van der Waals surface area contributed by atoms with E-state index in [1.54, 1.807) is 12.1 Å². The van der Waals surface area contributed by atoms with Crippen LogP contribution < -0.4 is 5.73 Å². The van der Waals surface area contributed by atoms with Crippen molar-refractivity contribution in [2.75, 3.05) is 5.73 Å². The summed E-state index contributed by atoms with van der Waals surface area (Å²) in [6.07, 6.45) is 0. The first-order chi connectivity index (χ1) is 4.20. The molecular weight excluding hydrogens is 194 g/mol. The number of pyridine rings is 1. The Labute approximate surface area is 74.8 Å². The SMILES string of the molecule is Cl.Nc1ccc(Cl)nc1Cl. The molecule has 0 atom stereocenters. The number of rotatable bonds is 0. The van der Waals surface area contributed by atoms with Crippen molar-refractivity contribution in [3.05, 3.63) is 22.4 Å². The molecule has 5 heteroatoms. The Bertz CT molecular complexity index is 226. The molecule has 0 aliphatic carbocycles. The van der Waals surface area contributed by atoms with Crippen LogP contribution in [-0.2, 0) is 0 Å². The van der Waals surface area contributed by atoms with Gasteiger partial charge in [0, 0.05) is 0 Å². The maximum Gasteiger partial charge on any atom is 0.153 e. The summed E-state index contributed by atoms with van der Waals surface area (Å²) in [6, 6.07) is 3.19. The van der Waals surface area contributed by atoms with Gasteiger partial charge in [-0.15, -0.1) is 12.4 Å². The maximum absolute atomic E-state index is 5.49. The molecule has 0 aliphatic rings. The quantitative estimate of drug-likeness (QED) is 0.652. The number of anilines is 1. The average molecular weight is 199 g/mol. The van der Waals surface area contributed by atoms with Crippen molar-refractivity contribution in [1.82, 2.24) is 4.98 Å². The lowest BCUT2D eigenvalue weighted by Gasteiger charge is -1.93. The van der Waals surface area contributed by atoms with Gasteiger partial charge in [-0.2, -0.15) is 0 Å². The van der Waals surface area contributed by atoms with Crippen molar-refractivity contribution < 1.29 is 0 Å². The third kappa shape index (κ3) is 2.21. The normalized spacial score (nSPS) is 8.60. The molecule has 0 fully saturated rings. The molecule has 1 aromatic rings. The molecule has 0 aromatic carbocycles. The highest BCUT2D eigenvalue weighted by Gasteiger charge is 1.95. The van der Waals surface area contributed by atoms with Crippen molar-refractivity contribution in [2.24, 2.45) is 0 Å². The standard InChI is InChI=1S/C5H4Cl2N2.ClH/c6-4-2-1-3(8)5(7)9-4;/h1-2H,8H2;1H. The van der Waals surface area contributed by atoms with Crippen molar-refractivity contribution in [2.45, 2.75) is 0 Å². The van der Waals surface area contributed by atoms with Gasteiger partial charge in [0.1, 0.15) is 5.15 Å². The van der Waals surface area contributed by atoms with Gasteiger partial charge < -0.3 is 5.73 Å². The molecule has 1 aromatic heterocycles. The Balaban J connectivity index is 0.000000810. The Morgan fingerprint density at radius 3 is 2.30 bits per heavy atom. The molecule has 10 heavy (non-hydrogen) atoms. The molecule has 0 amide bonds. The minimum absolute atomic E-state index is 0. The maximum atomic E-state index is 5.49. The van der Waals surface area contributed by atoms with E-state index in [2.05, 4.69) is 4.98 Å². The molecule has 0 unspecified atom stereocenters. The topological polar surface area (TPSA) is 38.9 Å². The number of nitrogen functional groups attached to an aromatic ring is 1. The first-order valence-corrected chi connectivity index (χ1v) is 3.03. The van der Waals surface area contributed by atoms with E-state index in [1.165, 1.54) is 0 Å². The summed E-state index contributed by atoms with van der Waals surface area (Å²) in [5.74, 6) is 0. The van der Waals surface area contributed by atoms with Gasteiger partial charge in [0.15, 0.2) is 5.15 Å². The molecule has 1 rings (SSSR count). The Morgan fingerprint density at radius 1 is 1.30 bits per heavy atom. The number of nitrogens with zero attached hydrogens (tertiary/aromatic N) is 1. The zero-order valence-corrected chi connectivity index (χ0v) is 7.17. The molecule has 2 N–H and O–H groups in total. The Kier molecular flexibility index (Phi) is 3.79. The lowest BCUT2D eigenvalue weighted by Crippen LogP contribution is -1.87. The minimum atomic E-state index is 0. The molecule has 0 spiro atoms. The van der Waals surface area contributed by atoms with Crippen LogP contribution in [0.15, 0.2) is 12.1 Å². The molecule has 0 bridgehead atoms. The number of aromatic nitrogens is 1. The predicted octanol–water partition coefficient (Wildman–Crippen LogP) is 2.39. The van der Waals surface area contributed by atoms with Gasteiger partial charge in [-0.05, 0) is 12.1 Å². The number of hydrogen-bond donors (Lipinski definition) is 1. The van der Waals surface area contributed by atoms with E-state index in [1.807, 2.05) is 0 Å². The summed E-state index contributed by atoms with van der Waals surface area (Å²) in [6.45, 7) is 0. The number of hydrogen-bond acceptors (Lipinski definition) is 2. The van der Waals surface area contributed by atoms with E-state index >= 15 is 0 Å². The second kappa shape index (κ2) is 3.86. The summed E-state index contributed by atoms with van der Waals surface area (Å²) in [5, 5.41) is 0.608. The molecule has 1 heterocycles.